The van der Waals surface area contributed by atoms with Crippen LogP contribution >= 0.6 is 0 Å². The summed E-state index contributed by atoms with van der Waals surface area (Å²) in [6.45, 7) is 7.11. The van der Waals surface area contributed by atoms with Crippen molar-refractivity contribution in [1.82, 2.24) is 4.90 Å². The molecule has 14 heavy (non-hydrogen) atoms. The fourth-order valence-electron chi connectivity index (χ4n) is 2.87. The summed E-state index contributed by atoms with van der Waals surface area (Å²) in [6.07, 6.45) is 5.46. The van der Waals surface area contributed by atoms with E-state index in [0.29, 0.717) is 12.0 Å². The second kappa shape index (κ2) is 4.19. The highest BCUT2D eigenvalue weighted by Gasteiger charge is 2.36. The van der Waals surface area contributed by atoms with Crippen molar-refractivity contribution < 1.29 is 0 Å². The van der Waals surface area contributed by atoms with E-state index in [2.05, 4.69) is 18.7 Å². The molecule has 0 bridgehead atoms. The first-order chi connectivity index (χ1) is 6.72. The van der Waals surface area contributed by atoms with Gasteiger partial charge < -0.3 is 5.73 Å². The highest BCUT2D eigenvalue weighted by Crippen LogP contribution is 2.38. The van der Waals surface area contributed by atoms with Crippen molar-refractivity contribution >= 4 is 0 Å². The highest BCUT2D eigenvalue weighted by molar-refractivity contribution is 4.91. The molecule has 2 heteroatoms. The van der Waals surface area contributed by atoms with Crippen LogP contribution in [0.25, 0.3) is 0 Å². The van der Waals surface area contributed by atoms with E-state index in [1.54, 1.807) is 0 Å². The Morgan fingerprint density at radius 1 is 1.36 bits per heavy atom. The van der Waals surface area contributed by atoms with Crippen molar-refractivity contribution in [2.75, 3.05) is 13.1 Å². The first-order valence-electron chi connectivity index (χ1n) is 6.22. The molecule has 0 amide bonds. The third-order valence-electron chi connectivity index (χ3n) is 4.06. The SMILES string of the molecule is CCC(C1CC1)N1CCC(N)C(C)C1. The van der Waals surface area contributed by atoms with Crippen molar-refractivity contribution in [3.63, 3.8) is 0 Å². The standard InChI is InChI=1S/C12H24N2/c1-3-12(10-4-5-10)14-7-6-11(13)9(2)8-14/h9-12H,3-8,13H2,1-2H3. The summed E-state index contributed by atoms with van der Waals surface area (Å²) in [5.41, 5.74) is 6.05. The molecule has 3 atom stereocenters. The van der Waals surface area contributed by atoms with Gasteiger partial charge in [-0.1, -0.05) is 13.8 Å². The van der Waals surface area contributed by atoms with Gasteiger partial charge in [-0.2, -0.15) is 0 Å². The van der Waals surface area contributed by atoms with Crippen LogP contribution in [0.3, 0.4) is 0 Å². The Bertz CT molecular complexity index is 189. The third kappa shape index (κ3) is 2.12. The quantitative estimate of drug-likeness (QED) is 0.746. The van der Waals surface area contributed by atoms with E-state index in [0.717, 1.165) is 12.0 Å². The number of hydrogen-bond acceptors (Lipinski definition) is 2. The van der Waals surface area contributed by atoms with Crippen LogP contribution in [-0.2, 0) is 0 Å². The van der Waals surface area contributed by atoms with Gasteiger partial charge in [0, 0.05) is 18.6 Å². The predicted molar refractivity (Wildman–Crippen MR) is 60.1 cm³/mol. The van der Waals surface area contributed by atoms with Gasteiger partial charge in [0.1, 0.15) is 0 Å². The number of nitrogens with two attached hydrogens (primary N) is 1. The number of nitrogens with zero attached hydrogens (tertiary/aromatic N) is 1. The van der Waals surface area contributed by atoms with Gasteiger partial charge in [0.05, 0.1) is 0 Å². The van der Waals surface area contributed by atoms with E-state index in [9.17, 15) is 0 Å². The Kier molecular flexibility index (Phi) is 3.13. The van der Waals surface area contributed by atoms with Gasteiger partial charge in [-0.25, -0.2) is 0 Å². The van der Waals surface area contributed by atoms with Crippen LogP contribution < -0.4 is 5.73 Å². The van der Waals surface area contributed by atoms with E-state index in [1.165, 1.54) is 38.8 Å². The molecule has 1 aliphatic heterocycles. The van der Waals surface area contributed by atoms with Crippen LogP contribution in [0.1, 0.15) is 39.5 Å². The summed E-state index contributed by atoms with van der Waals surface area (Å²) < 4.78 is 0. The maximum atomic E-state index is 6.05. The first-order valence-corrected chi connectivity index (χ1v) is 6.22. The summed E-state index contributed by atoms with van der Waals surface area (Å²) in [5.74, 6) is 1.71. The largest absolute Gasteiger partial charge is 0.327 e. The molecule has 2 aliphatic rings. The molecule has 1 saturated heterocycles. The van der Waals surface area contributed by atoms with Crippen LogP contribution in [0, 0.1) is 11.8 Å². The summed E-state index contributed by atoms with van der Waals surface area (Å²) in [6, 6.07) is 1.31. The zero-order valence-electron chi connectivity index (χ0n) is 9.58. The van der Waals surface area contributed by atoms with E-state index in [1.807, 2.05) is 0 Å². The van der Waals surface area contributed by atoms with Crippen LogP contribution in [0.15, 0.2) is 0 Å². The Balaban J connectivity index is 1.90. The monoisotopic (exact) mass is 196 g/mol. The van der Waals surface area contributed by atoms with Crippen molar-refractivity contribution in [3.8, 4) is 0 Å². The van der Waals surface area contributed by atoms with Crippen molar-refractivity contribution in [1.29, 1.82) is 0 Å². The highest BCUT2D eigenvalue weighted by atomic mass is 15.2. The lowest BCUT2D eigenvalue weighted by Crippen LogP contribution is -2.50. The maximum absolute atomic E-state index is 6.05. The van der Waals surface area contributed by atoms with E-state index < -0.39 is 0 Å². The smallest absolute Gasteiger partial charge is 0.0121 e. The van der Waals surface area contributed by atoms with Gasteiger partial charge in [0.2, 0.25) is 0 Å². The summed E-state index contributed by atoms with van der Waals surface area (Å²) >= 11 is 0. The lowest BCUT2D eigenvalue weighted by Gasteiger charge is -2.40. The number of likely N-dealkylation sites (tertiary alicyclic amines) is 1. The summed E-state index contributed by atoms with van der Waals surface area (Å²) in [4.78, 5) is 2.70. The fourth-order valence-corrected chi connectivity index (χ4v) is 2.87. The molecular formula is C12H24N2. The normalized spacial score (nSPS) is 37.1. The molecule has 0 spiro atoms. The van der Waals surface area contributed by atoms with Crippen LogP contribution in [-0.4, -0.2) is 30.1 Å². The van der Waals surface area contributed by atoms with Crippen LogP contribution in [0.2, 0.25) is 0 Å². The first kappa shape index (κ1) is 10.4. The molecule has 0 aromatic carbocycles. The van der Waals surface area contributed by atoms with Gasteiger partial charge in [-0.3, -0.25) is 4.90 Å². The molecule has 2 rings (SSSR count). The van der Waals surface area contributed by atoms with Gasteiger partial charge >= 0.3 is 0 Å². The third-order valence-corrected chi connectivity index (χ3v) is 4.06. The molecule has 2 nitrogen and oxygen atoms in total. The molecule has 2 N–H and O–H groups in total. The molecule has 0 aromatic heterocycles. The summed E-state index contributed by atoms with van der Waals surface area (Å²) in [5, 5.41) is 0. The van der Waals surface area contributed by atoms with E-state index in [-0.39, 0.29) is 0 Å². The maximum Gasteiger partial charge on any atom is 0.0121 e. The summed E-state index contributed by atoms with van der Waals surface area (Å²) in [7, 11) is 0. The molecule has 0 radical (unpaired) electrons. The average Bonchev–Trinajstić information content (AvgIpc) is 2.96. The molecule has 1 saturated carbocycles. The van der Waals surface area contributed by atoms with Gasteiger partial charge in [-0.05, 0) is 44.1 Å². The zero-order valence-corrected chi connectivity index (χ0v) is 9.58. The minimum atomic E-state index is 0.447. The number of rotatable bonds is 3. The molecule has 0 aromatic rings. The zero-order chi connectivity index (χ0) is 10.1. The topological polar surface area (TPSA) is 29.3 Å². The lowest BCUT2D eigenvalue weighted by molar-refractivity contribution is 0.101. The molecule has 2 fully saturated rings. The van der Waals surface area contributed by atoms with Gasteiger partial charge in [-0.15, -0.1) is 0 Å². The van der Waals surface area contributed by atoms with Crippen molar-refractivity contribution in [3.05, 3.63) is 0 Å². The van der Waals surface area contributed by atoms with Crippen LogP contribution in [0.4, 0.5) is 0 Å². The Hall–Kier alpha value is -0.0800. The minimum absolute atomic E-state index is 0.447. The molecule has 3 unspecified atom stereocenters. The van der Waals surface area contributed by atoms with E-state index in [4.69, 9.17) is 5.73 Å². The van der Waals surface area contributed by atoms with Crippen molar-refractivity contribution in [2.24, 2.45) is 17.6 Å². The molecule has 82 valence electrons. The number of piperidine rings is 1. The molecular weight excluding hydrogens is 172 g/mol. The van der Waals surface area contributed by atoms with Gasteiger partial charge in [0.25, 0.3) is 0 Å². The molecule has 1 heterocycles. The minimum Gasteiger partial charge on any atom is -0.327 e. The van der Waals surface area contributed by atoms with Crippen LogP contribution in [0.5, 0.6) is 0 Å². The Morgan fingerprint density at radius 2 is 2.07 bits per heavy atom. The Morgan fingerprint density at radius 3 is 2.57 bits per heavy atom. The predicted octanol–water partition coefficient (Wildman–Crippen LogP) is 1.84. The Labute approximate surface area is 87.8 Å². The molecule has 1 aliphatic carbocycles. The average molecular weight is 196 g/mol. The second-order valence-corrected chi connectivity index (χ2v) is 5.24. The second-order valence-electron chi connectivity index (χ2n) is 5.24. The number of hydrogen-bond donors (Lipinski definition) is 1. The van der Waals surface area contributed by atoms with Crippen molar-refractivity contribution in [2.45, 2.75) is 51.6 Å². The lowest BCUT2D eigenvalue weighted by atomic mass is 9.92. The van der Waals surface area contributed by atoms with E-state index >= 15 is 0 Å². The fraction of sp³-hybridized carbons (Fsp3) is 1.00. The van der Waals surface area contributed by atoms with Gasteiger partial charge in [0.15, 0.2) is 0 Å².